The van der Waals surface area contributed by atoms with Crippen LogP contribution in [0.5, 0.6) is 0 Å². The second-order valence-electron chi connectivity index (χ2n) is 4.02. The first kappa shape index (κ1) is 9.99. The normalized spacial score (nSPS) is 38.1. The summed E-state index contributed by atoms with van der Waals surface area (Å²) in [6.07, 6.45) is 2.72. The van der Waals surface area contributed by atoms with Gasteiger partial charge in [0, 0.05) is 0 Å². The smallest absolute Gasteiger partial charge is 0.212 e. The van der Waals surface area contributed by atoms with Crippen molar-refractivity contribution in [3.05, 3.63) is 0 Å². The molecule has 0 saturated heterocycles. The molecule has 1 fully saturated rings. The number of hydrogen-bond donors (Lipinski definition) is 1. The summed E-state index contributed by atoms with van der Waals surface area (Å²) >= 11 is 0. The number of primary sulfonamides is 1. The third-order valence-corrected chi connectivity index (χ3v) is 4.32. The van der Waals surface area contributed by atoms with E-state index in [4.69, 9.17) is 5.14 Å². The summed E-state index contributed by atoms with van der Waals surface area (Å²) in [5.74, 6) is 0.877. The first-order valence-electron chi connectivity index (χ1n) is 4.43. The Hall–Kier alpha value is -0.0900. The molecule has 72 valence electrons. The van der Waals surface area contributed by atoms with E-state index in [1.807, 2.05) is 6.92 Å². The van der Waals surface area contributed by atoms with Crippen molar-refractivity contribution in [2.24, 2.45) is 17.0 Å². The van der Waals surface area contributed by atoms with Crippen molar-refractivity contribution >= 4 is 10.0 Å². The van der Waals surface area contributed by atoms with E-state index in [0.29, 0.717) is 5.92 Å². The molecule has 0 radical (unpaired) electrons. The zero-order valence-electron chi connectivity index (χ0n) is 7.66. The zero-order valence-corrected chi connectivity index (χ0v) is 8.47. The molecule has 3 nitrogen and oxygen atoms in total. The fraction of sp³-hybridized carbons (Fsp3) is 1.00. The summed E-state index contributed by atoms with van der Waals surface area (Å²) < 4.78 is 22.2. The van der Waals surface area contributed by atoms with Gasteiger partial charge in [-0.15, -0.1) is 0 Å². The number of rotatable bonds is 1. The molecular weight excluding hydrogens is 174 g/mol. The van der Waals surface area contributed by atoms with Crippen molar-refractivity contribution in [1.82, 2.24) is 0 Å². The molecule has 0 aliphatic heterocycles. The average molecular weight is 191 g/mol. The number of nitrogens with two attached hydrogens (primary N) is 1. The molecule has 1 saturated carbocycles. The van der Waals surface area contributed by atoms with Crippen molar-refractivity contribution in [3.8, 4) is 0 Å². The van der Waals surface area contributed by atoms with E-state index in [2.05, 4.69) is 6.92 Å². The Labute approximate surface area is 74.4 Å². The third-order valence-electron chi connectivity index (χ3n) is 2.77. The summed E-state index contributed by atoms with van der Waals surface area (Å²) in [4.78, 5) is 0. The average Bonchev–Trinajstić information content (AvgIpc) is 1.83. The van der Waals surface area contributed by atoms with Gasteiger partial charge in [0.2, 0.25) is 10.0 Å². The lowest BCUT2D eigenvalue weighted by Crippen LogP contribution is -2.37. The van der Waals surface area contributed by atoms with Crippen LogP contribution in [0.2, 0.25) is 0 Å². The Bertz CT molecular complexity index is 248. The van der Waals surface area contributed by atoms with Gasteiger partial charge >= 0.3 is 0 Å². The minimum atomic E-state index is -3.30. The zero-order chi connectivity index (χ0) is 9.35. The quantitative estimate of drug-likeness (QED) is 0.674. The Morgan fingerprint density at radius 1 is 1.25 bits per heavy atom. The van der Waals surface area contributed by atoms with Gasteiger partial charge in [-0.3, -0.25) is 0 Å². The minimum Gasteiger partial charge on any atom is -0.228 e. The summed E-state index contributed by atoms with van der Waals surface area (Å²) in [5, 5.41) is 4.82. The van der Waals surface area contributed by atoms with Gasteiger partial charge in [0.15, 0.2) is 0 Å². The monoisotopic (exact) mass is 191 g/mol. The van der Waals surface area contributed by atoms with Crippen LogP contribution in [0.15, 0.2) is 0 Å². The molecule has 4 heteroatoms. The largest absolute Gasteiger partial charge is 0.228 e. The Morgan fingerprint density at radius 2 is 1.83 bits per heavy atom. The Balaban J connectivity index is 2.69. The minimum absolute atomic E-state index is 0.226. The van der Waals surface area contributed by atoms with Crippen LogP contribution in [0.3, 0.4) is 0 Å². The fourth-order valence-electron chi connectivity index (χ4n) is 2.13. The van der Waals surface area contributed by atoms with Crippen molar-refractivity contribution < 1.29 is 8.42 Å². The highest BCUT2D eigenvalue weighted by Gasteiger charge is 2.32. The van der Waals surface area contributed by atoms with Crippen LogP contribution in [0.4, 0.5) is 0 Å². The van der Waals surface area contributed by atoms with E-state index >= 15 is 0 Å². The van der Waals surface area contributed by atoms with Gasteiger partial charge in [0.25, 0.3) is 0 Å². The van der Waals surface area contributed by atoms with E-state index in [0.717, 1.165) is 19.3 Å². The van der Waals surface area contributed by atoms with Crippen molar-refractivity contribution in [2.75, 3.05) is 0 Å². The molecule has 0 amide bonds. The number of hydrogen-bond acceptors (Lipinski definition) is 2. The lowest BCUT2D eigenvalue weighted by atomic mass is 9.83. The molecule has 3 unspecified atom stereocenters. The highest BCUT2D eigenvalue weighted by molar-refractivity contribution is 7.89. The lowest BCUT2D eigenvalue weighted by molar-refractivity contribution is 0.302. The highest BCUT2D eigenvalue weighted by atomic mass is 32.2. The van der Waals surface area contributed by atoms with E-state index in [9.17, 15) is 8.42 Å². The molecule has 0 heterocycles. The Kier molecular flexibility index (Phi) is 2.78. The van der Waals surface area contributed by atoms with Gasteiger partial charge in [0.1, 0.15) is 0 Å². The molecule has 0 aromatic carbocycles. The van der Waals surface area contributed by atoms with Crippen molar-refractivity contribution in [3.63, 3.8) is 0 Å². The summed E-state index contributed by atoms with van der Waals surface area (Å²) in [6, 6.07) is 0. The molecule has 2 N–H and O–H groups in total. The van der Waals surface area contributed by atoms with Crippen molar-refractivity contribution in [1.29, 1.82) is 0 Å². The summed E-state index contributed by atoms with van der Waals surface area (Å²) in [5.41, 5.74) is 0. The molecule has 0 aromatic heterocycles. The molecule has 0 aromatic rings. The van der Waals surface area contributed by atoms with E-state index < -0.39 is 10.0 Å². The van der Waals surface area contributed by atoms with Crippen LogP contribution >= 0.6 is 0 Å². The van der Waals surface area contributed by atoms with Gasteiger partial charge in [-0.2, -0.15) is 0 Å². The maximum Gasteiger partial charge on any atom is 0.212 e. The van der Waals surface area contributed by atoms with Crippen LogP contribution in [0.1, 0.15) is 33.1 Å². The fourth-order valence-corrected chi connectivity index (χ4v) is 3.35. The Morgan fingerprint density at radius 3 is 2.25 bits per heavy atom. The molecule has 0 bridgehead atoms. The maximum atomic E-state index is 11.1. The van der Waals surface area contributed by atoms with Crippen LogP contribution < -0.4 is 5.14 Å². The second kappa shape index (κ2) is 3.34. The maximum absolute atomic E-state index is 11.1. The van der Waals surface area contributed by atoms with Crippen LogP contribution in [-0.4, -0.2) is 13.7 Å². The van der Waals surface area contributed by atoms with Crippen LogP contribution in [0, 0.1) is 11.8 Å². The predicted molar refractivity (Wildman–Crippen MR) is 49.1 cm³/mol. The molecule has 0 spiro atoms. The summed E-state index contributed by atoms with van der Waals surface area (Å²) in [6.45, 7) is 4.14. The molecule has 12 heavy (non-hydrogen) atoms. The molecule has 1 aliphatic rings. The molecule has 1 rings (SSSR count). The van der Waals surface area contributed by atoms with Gasteiger partial charge in [0.05, 0.1) is 5.25 Å². The highest BCUT2D eigenvalue weighted by Crippen LogP contribution is 2.31. The van der Waals surface area contributed by atoms with Crippen LogP contribution in [-0.2, 0) is 10.0 Å². The van der Waals surface area contributed by atoms with Gasteiger partial charge in [-0.1, -0.05) is 13.8 Å². The SMILES string of the molecule is CC1CCC(S(N)(=O)=O)C(C)C1. The molecule has 1 aliphatic carbocycles. The first-order chi connectivity index (χ1) is 5.41. The molecule has 3 atom stereocenters. The van der Waals surface area contributed by atoms with Crippen molar-refractivity contribution in [2.45, 2.75) is 38.4 Å². The third kappa shape index (κ3) is 2.20. The second-order valence-corrected chi connectivity index (χ2v) is 5.81. The van der Waals surface area contributed by atoms with Gasteiger partial charge in [-0.05, 0) is 31.1 Å². The lowest BCUT2D eigenvalue weighted by Gasteiger charge is -2.30. The van der Waals surface area contributed by atoms with Gasteiger partial charge in [-0.25, -0.2) is 13.6 Å². The van der Waals surface area contributed by atoms with E-state index in [1.165, 1.54) is 0 Å². The van der Waals surface area contributed by atoms with E-state index in [-0.39, 0.29) is 11.2 Å². The topological polar surface area (TPSA) is 60.2 Å². The van der Waals surface area contributed by atoms with Gasteiger partial charge < -0.3 is 0 Å². The first-order valence-corrected chi connectivity index (χ1v) is 6.04. The summed E-state index contributed by atoms with van der Waals surface area (Å²) in [7, 11) is -3.30. The predicted octanol–water partition coefficient (Wildman–Crippen LogP) is 1.10. The molecular formula is C8H17NO2S. The number of sulfonamides is 1. The van der Waals surface area contributed by atoms with E-state index in [1.54, 1.807) is 0 Å². The standard InChI is InChI=1S/C8H17NO2S/c1-6-3-4-8(7(2)5-6)12(9,10)11/h6-8H,3-5H2,1-2H3,(H2,9,10,11). The van der Waals surface area contributed by atoms with Crippen LogP contribution in [0.25, 0.3) is 0 Å².